The number of ketones is 1. The van der Waals surface area contributed by atoms with Crippen LogP contribution in [-0.2, 0) is 14.3 Å². The highest BCUT2D eigenvalue weighted by atomic mass is 16.7. The van der Waals surface area contributed by atoms with Gasteiger partial charge < -0.3 is 19.1 Å². The predicted molar refractivity (Wildman–Crippen MR) is 87.4 cm³/mol. The van der Waals surface area contributed by atoms with E-state index in [2.05, 4.69) is 4.74 Å². The Labute approximate surface area is 145 Å². The number of ether oxygens (including phenoxy) is 3. The van der Waals surface area contributed by atoms with Gasteiger partial charge in [0, 0.05) is 31.0 Å². The first-order valence-electron chi connectivity index (χ1n) is 8.37. The van der Waals surface area contributed by atoms with Crippen molar-refractivity contribution in [2.45, 2.75) is 25.7 Å². The molecule has 25 heavy (non-hydrogen) atoms. The molecule has 0 unspecified atom stereocenters. The van der Waals surface area contributed by atoms with Crippen LogP contribution in [0.1, 0.15) is 36.0 Å². The molecule has 7 heteroatoms. The van der Waals surface area contributed by atoms with Gasteiger partial charge in [0.25, 0.3) is 0 Å². The predicted octanol–water partition coefficient (Wildman–Crippen LogP) is 1.79. The fourth-order valence-corrected chi connectivity index (χ4v) is 3.17. The van der Waals surface area contributed by atoms with Gasteiger partial charge in [-0.25, -0.2) is 0 Å². The third kappa shape index (κ3) is 3.92. The topological polar surface area (TPSA) is 82.1 Å². The van der Waals surface area contributed by atoms with E-state index in [4.69, 9.17) is 9.47 Å². The van der Waals surface area contributed by atoms with Crippen molar-refractivity contribution in [3.05, 3.63) is 23.8 Å². The van der Waals surface area contributed by atoms with Crippen LogP contribution in [0.2, 0.25) is 0 Å². The summed E-state index contributed by atoms with van der Waals surface area (Å²) in [6, 6.07) is 5.16. The lowest BCUT2D eigenvalue weighted by Crippen LogP contribution is -2.42. The second kappa shape index (κ2) is 7.55. The number of likely N-dealkylation sites (tertiary alicyclic amines) is 1. The first-order valence-corrected chi connectivity index (χ1v) is 8.37. The number of benzene rings is 1. The van der Waals surface area contributed by atoms with Crippen LogP contribution in [0.15, 0.2) is 18.2 Å². The molecule has 1 atom stereocenters. The summed E-state index contributed by atoms with van der Waals surface area (Å²) in [5.74, 6) is 0.458. The molecule has 2 aliphatic heterocycles. The zero-order valence-corrected chi connectivity index (χ0v) is 14.2. The minimum atomic E-state index is -0.404. The Kier molecular flexibility index (Phi) is 5.21. The van der Waals surface area contributed by atoms with Crippen LogP contribution >= 0.6 is 0 Å². The number of hydrogen-bond acceptors (Lipinski definition) is 6. The van der Waals surface area contributed by atoms with Crippen molar-refractivity contribution in [3.63, 3.8) is 0 Å². The lowest BCUT2D eigenvalue weighted by molar-refractivity contribution is -0.144. The highest BCUT2D eigenvalue weighted by Crippen LogP contribution is 2.33. The summed E-state index contributed by atoms with van der Waals surface area (Å²) in [5, 5.41) is 0. The second-order valence-electron chi connectivity index (χ2n) is 6.19. The maximum Gasteiger partial charge on any atom is 0.306 e. The molecule has 0 aromatic heterocycles. The standard InChI is InChI=1S/C18H21NO6/c1-23-17(21)7-6-16(20)19-8-2-3-13(10-19)18(22)12-4-5-14-15(9-12)25-11-24-14/h4-5,9,13H,2-3,6-8,10-11H2,1H3/t13-/m1/s1. The molecule has 0 radical (unpaired) electrons. The Hall–Kier alpha value is -2.57. The molecular formula is C18H21NO6. The van der Waals surface area contributed by atoms with Crippen molar-refractivity contribution in [2.75, 3.05) is 27.0 Å². The molecule has 1 amide bonds. The summed E-state index contributed by atoms with van der Waals surface area (Å²) in [5.41, 5.74) is 0.568. The third-order valence-corrected chi connectivity index (χ3v) is 4.57. The molecule has 1 saturated heterocycles. The number of rotatable bonds is 5. The van der Waals surface area contributed by atoms with E-state index in [1.54, 1.807) is 23.1 Å². The maximum absolute atomic E-state index is 12.8. The molecule has 0 N–H and O–H groups in total. The summed E-state index contributed by atoms with van der Waals surface area (Å²) in [7, 11) is 1.30. The molecule has 2 heterocycles. The van der Waals surface area contributed by atoms with Crippen LogP contribution in [-0.4, -0.2) is 49.6 Å². The molecule has 2 aliphatic rings. The highest BCUT2D eigenvalue weighted by molar-refractivity contribution is 5.99. The van der Waals surface area contributed by atoms with Crippen molar-refractivity contribution >= 4 is 17.7 Å². The van der Waals surface area contributed by atoms with E-state index in [0.29, 0.717) is 30.2 Å². The molecule has 1 aromatic rings. The van der Waals surface area contributed by atoms with E-state index in [-0.39, 0.29) is 37.2 Å². The normalized spacial score (nSPS) is 18.8. The van der Waals surface area contributed by atoms with Crippen LogP contribution in [0.5, 0.6) is 11.5 Å². The number of Topliss-reactive ketones (excluding diaryl/α,β-unsaturated/α-hetero) is 1. The van der Waals surface area contributed by atoms with Gasteiger partial charge in [-0.2, -0.15) is 0 Å². The van der Waals surface area contributed by atoms with Gasteiger partial charge >= 0.3 is 5.97 Å². The Bertz CT molecular complexity index is 686. The molecule has 0 spiro atoms. The van der Waals surface area contributed by atoms with Crippen molar-refractivity contribution in [2.24, 2.45) is 5.92 Å². The molecule has 7 nitrogen and oxygen atoms in total. The number of piperidine rings is 1. The summed E-state index contributed by atoms with van der Waals surface area (Å²) in [6.07, 6.45) is 1.68. The number of esters is 1. The lowest BCUT2D eigenvalue weighted by atomic mass is 9.89. The average Bonchev–Trinajstić information content (AvgIpc) is 3.13. The number of carbonyl (C=O) groups excluding carboxylic acids is 3. The number of amides is 1. The van der Waals surface area contributed by atoms with E-state index < -0.39 is 5.97 Å². The Morgan fingerprint density at radius 1 is 1.20 bits per heavy atom. The minimum absolute atomic E-state index is 0.00349. The first kappa shape index (κ1) is 17.3. The fourth-order valence-electron chi connectivity index (χ4n) is 3.17. The lowest BCUT2D eigenvalue weighted by Gasteiger charge is -2.32. The molecule has 134 valence electrons. The number of fused-ring (bicyclic) bond motifs is 1. The van der Waals surface area contributed by atoms with Gasteiger partial charge in [-0.05, 0) is 31.0 Å². The van der Waals surface area contributed by atoms with E-state index in [1.165, 1.54) is 7.11 Å². The Balaban J connectivity index is 1.61. The number of hydrogen-bond donors (Lipinski definition) is 0. The van der Waals surface area contributed by atoms with Crippen molar-refractivity contribution in [1.82, 2.24) is 4.90 Å². The third-order valence-electron chi connectivity index (χ3n) is 4.57. The molecule has 0 saturated carbocycles. The SMILES string of the molecule is COC(=O)CCC(=O)N1CCC[C@@H](C(=O)c2ccc3c(c2)OCO3)C1. The Morgan fingerprint density at radius 2 is 2.00 bits per heavy atom. The van der Waals surface area contributed by atoms with E-state index in [0.717, 1.165) is 12.8 Å². The van der Waals surface area contributed by atoms with Crippen LogP contribution in [0.25, 0.3) is 0 Å². The van der Waals surface area contributed by atoms with Gasteiger partial charge in [0.2, 0.25) is 12.7 Å². The van der Waals surface area contributed by atoms with Crippen molar-refractivity contribution < 1.29 is 28.6 Å². The summed E-state index contributed by atoms with van der Waals surface area (Å²) < 4.78 is 15.1. The van der Waals surface area contributed by atoms with Gasteiger partial charge in [0.15, 0.2) is 17.3 Å². The average molecular weight is 347 g/mol. The van der Waals surface area contributed by atoms with Gasteiger partial charge in [0.05, 0.1) is 13.5 Å². The van der Waals surface area contributed by atoms with Gasteiger partial charge in [-0.3, -0.25) is 14.4 Å². The number of nitrogens with zero attached hydrogens (tertiary/aromatic N) is 1. The van der Waals surface area contributed by atoms with Crippen molar-refractivity contribution in [1.29, 1.82) is 0 Å². The molecular weight excluding hydrogens is 326 g/mol. The highest BCUT2D eigenvalue weighted by Gasteiger charge is 2.30. The number of carbonyl (C=O) groups is 3. The zero-order chi connectivity index (χ0) is 17.8. The smallest absolute Gasteiger partial charge is 0.306 e. The van der Waals surface area contributed by atoms with Crippen LogP contribution < -0.4 is 9.47 Å². The largest absolute Gasteiger partial charge is 0.469 e. The van der Waals surface area contributed by atoms with Gasteiger partial charge in [-0.1, -0.05) is 0 Å². The summed E-state index contributed by atoms with van der Waals surface area (Å²) in [4.78, 5) is 37.9. The Morgan fingerprint density at radius 3 is 2.80 bits per heavy atom. The summed E-state index contributed by atoms with van der Waals surface area (Å²) in [6.45, 7) is 1.16. The molecule has 1 aromatic carbocycles. The van der Waals surface area contributed by atoms with Crippen LogP contribution in [0.4, 0.5) is 0 Å². The maximum atomic E-state index is 12.8. The minimum Gasteiger partial charge on any atom is -0.469 e. The van der Waals surface area contributed by atoms with Gasteiger partial charge in [0.1, 0.15) is 0 Å². The van der Waals surface area contributed by atoms with E-state index in [9.17, 15) is 14.4 Å². The molecule has 1 fully saturated rings. The van der Waals surface area contributed by atoms with Gasteiger partial charge in [-0.15, -0.1) is 0 Å². The molecule has 0 aliphatic carbocycles. The van der Waals surface area contributed by atoms with Crippen LogP contribution in [0, 0.1) is 5.92 Å². The molecule has 0 bridgehead atoms. The summed E-state index contributed by atoms with van der Waals surface area (Å²) >= 11 is 0. The fraction of sp³-hybridized carbons (Fsp3) is 0.500. The van der Waals surface area contributed by atoms with E-state index in [1.807, 2.05) is 0 Å². The monoisotopic (exact) mass is 347 g/mol. The number of methoxy groups -OCH3 is 1. The quantitative estimate of drug-likeness (QED) is 0.597. The first-order chi connectivity index (χ1) is 12.1. The second-order valence-corrected chi connectivity index (χ2v) is 6.19. The molecule has 3 rings (SSSR count). The van der Waals surface area contributed by atoms with Crippen LogP contribution in [0.3, 0.4) is 0 Å². The van der Waals surface area contributed by atoms with E-state index >= 15 is 0 Å². The van der Waals surface area contributed by atoms with Crippen molar-refractivity contribution in [3.8, 4) is 11.5 Å². The zero-order valence-electron chi connectivity index (χ0n) is 14.2.